The molecule has 2 N–H and O–H groups in total. The summed E-state index contributed by atoms with van der Waals surface area (Å²) in [5, 5.41) is 2.63. The zero-order chi connectivity index (χ0) is 24.5. The summed E-state index contributed by atoms with van der Waals surface area (Å²) in [4.78, 5) is 2.92. The maximum Gasteiger partial charge on any atom is 0.417 e. The zero-order valence-electron chi connectivity index (χ0n) is 18.0. The van der Waals surface area contributed by atoms with E-state index < -0.39 is 32.5 Å². The first-order chi connectivity index (χ1) is 16.0. The second-order valence-corrected chi connectivity index (χ2v) is 10.7. The van der Waals surface area contributed by atoms with Gasteiger partial charge < -0.3 is 10.1 Å². The fourth-order valence-electron chi connectivity index (χ4n) is 4.48. The Labute approximate surface area is 200 Å². The maximum absolute atomic E-state index is 14.0. The van der Waals surface area contributed by atoms with E-state index in [1.807, 2.05) is 0 Å². The van der Waals surface area contributed by atoms with Crippen molar-refractivity contribution in [2.24, 2.45) is 5.92 Å². The van der Waals surface area contributed by atoms with Gasteiger partial charge in [0, 0.05) is 19.3 Å². The number of ether oxygens (including phenoxy) is 1. The van der Waals surface area contributed by atoms with Crippen molar-refractivity contribution < 1.29 is 30.7 Å². The van der Waals surface area contributed by atoms with Gasteiger partial charge in [-0.1, -0.05) is 23.7 Å². The van der Waals surface area contributed by atoms with E-state index in [0.717, 1.165) is 12.8 Å². The van der Waals surface area contributed by atoms with Crippen molar-refractivity contribution in [1.82, 2.24) is 9.71 Å². The normalized spacial score (nSPS) is 22.7. The van der Waals surface area contributed by atoms with Gasteiger partial charge in [-0.05, 0) is 55.7 Å². The lowest BCUT2D eigenvalue weighted by molar-refractivity contribution is -0.139. The van der Waals surface area contributed by atoms with Crippen molar-refractivity contribution in [2.75, 3.05) is 18.4 Å². The molecule has 12 heteroatoms. The maximum atomic E-state index is 14.0. The highest BCUT2D eigenvalue weighted by Gasteiger charge is 2.39. The lowest BCUT2D eigenvalue weighted by Gasteiger charge is -2.28. The summed E-state index contributed by atoms with van der Waals surface area (Å²) < 4.78 is 88.7. The third-order valence-electron chi connectivity index (χ3n) is 6.14. The number of fused-ring (bicyclic) bond motifs is 2. The van der Waals surface area contributed by atoms with Gasteiger partial charge in [0.05, 0.1) is 22.8 Å². The molecule has 2 atom stereocenters. The Hall–Kier alpha value is -1.95. The van der Waals surface area contributed by atoms with Crippen LogP contribution < -0.4 is 10.0 Å². The number of rotatable bonds is 8. The lowest BCUT2D eigenvalue weighted by Crippen LogP contribution is -2.35. The first-order valence-corrected chi connectivity index (χ1v) is 12.8. The molecule has 2 fully saturated rings. The van der Waals surface area contributed by atoms with Crippen LogP contribution >= 0.6 is 11.6 Å². The van der Waals surface area contributed by atoms with E-state index in [4.69, 9.17) is 16.3 Å². The van der Waals surface area contributed by atoms with E-state index in [-0.39, 0.29) is 48.5 Å². The van der Waals surface area contributed by atoms with Gasteiger partial charge >= 0.3 is 6.18 Å². The largest absolute Gasteiger partial charge is 0.417 e. The quantitative estimate of drug-likeness (QED) is 0.489. The van der Waals surface area contributed by atoms with Crippen molar-refractivity contribution in [1.29, 1.82) is 0 Å². The molecule has 0 spiro atoms. The minimum absolute atomic E-state index is 0.0103. The Kier molecular flexibility index (Phi) is 7.37. The van der Waals surface area contributed by atoms with Gasteiger partial charge in [0.25, 0.3) is 0 Å². The molecule has 2 saturated heterocycles. The first kappa shape index (κ1) is 25.2. The first-order valence-electron chi connectivity index (χ1n) is 10.9. The molecule has 186 valence electrons. The predicted molar refractivity (Wildman–Crippen MR) is 119 cm³/mol. The average Bonchev–Trinajstić information content (AvgIpc) is 3.12. The number of benzene rings is 1. The van der Waals surface area contributed by atoms with Crippen LogP contribution in [0.5, 0.6) is 0 Å². The molecule has 2 aliphatic heterocycles. The topological polar surface area (TPSA) is 80.3 Å². The van der Waals surface area contributed by atoms with Crippen LogP contribution in [0.3, 0.4) is 0 Å². The van der Waals surface area contributed by atoms with Crippen molar-refractivity contribution in [3.8, 4) is 0 Å². The monoisotopic (exact) mass is 521 g/mol. The van der Waals surface area contributed by atoms with Crippen molar-refractivity contribution >= 4 is 27.4 Å². The fraction of sp³-hybridized carbons (Fsp3) is 0.500. The highest BCUT2D eigenvalue weighted by Crippen LogP contribution is 2.37. The SMILES string of the molecule is O=S(=O)(NCC1CC2CCC(C1)O2)c1cnc(NCCc2cccc(Cl)c2F)cc1C(F)(F)F. The van der Waals surface area contributed by atoms with Crippen LogP contribution in [0.2, 0.25) is 5.02 Å². The predicted octanol–water partition coefficient (Wildman–Crippen LogP) is 4.78. The summed E-state index contributed by atoms with van der Waals surface area (Å²) in [5.41, 5.74) is -1.03. The molecule has 6 nitrogen and oxygen atoms in total. The molecule has 4 rings (SSSR count). The van der Waals surface area contributed by atoms with Gasteiger partial charge in [-0.2, -0.15) is 13.2 Å². The number of pyridine rings is 1. The average molecular weight is 522 g/mol. The molecule has 34 heavy (non-hydrogen) atoms. The van der Waals surface area contributed by atoms with Crippen LogP contribution in [0, 0.1) is 11.7 Å². The molecule has 0 aliphatic carbocycles. The van der Waals surface area contributed by atoms with E-state index in [9.17, 15) is 26.0 Å². The summed E-state index contributed by atoms with van der Waals surface area (Å²) in [5.74, 6) is -0.759. The van der Waals surface area contributed by atoms with Gasteiger partial charge in [0.15, 0.2) is 0 Å². The Bertz CT molecular complexity index is 1130. The summed E-state index contributed by atoms with van der Waals surface area (Å²) >= 11 is 5.73. The van der Waals surface area contributed by atoms with Crippen molar-refractivity contribution in [3.63, 3.8) is 0 Å². The number of sulfonamides is 1. The molecule has 1 aromatic heterocycles. The van der Waals surface area contributed by atoms with Crippen LogP contribution in [-0.4, -0.2) is 38.7 Å². The smallest absolute Gasteiger partial charge is 0.375 e. The third-order valence-corrected chi connectivity index (χ3v) is 7.89. The molecular formula is C22H24ClF4N3O3S. The molecule has 2 unspecified atom stereocenters. The van der Waals surface area contributed by atoms with Crippen LogP contribution in [-0.2, 0) is 27.4 Å². The third kappa shape index (κ3) is 5.81. The van der Waals surface area contributed by atoms with E-state index in [0.29, 0.717) is 30.7 Å². The number of hydrogen-bond acceptors (Lipinski definition) is 5. The summed E-state index contributed by atoms with van der Waals surface area (Å²) in [7, 11) is -4.44. The number of anilines is 1. The summed E-state index contributed by atoms with van der Waals surface area (Å²) in [6, 6.07) is 5.13. The summed E-state index contributed by atoms with van der Waals surface area (Å²) in [6.07, 6.45) is -0.689. The zero-order valence-corrected chi connectivity index (χ0v) is 19.6. The minimum atomic E-state index is -4.92. The second kappa shape index (κ2) is 9.96. The van der Waals surface area contributed by atoms with Crippen LogP contribution in [0.4, 0.5) is 23.4 Å². The fourth-order valence-corrected chi connectivity index (χ4v) is 5.94. The Morgan fingerprint density at radius 3 is 2.56 bits per heavy atom. The number of nitrogens with zero attached hydrogens (tertiary/aromatic N) is 1. The minimum Gasteiger partial charge on any atom is -0.375 e. The molecule has 2 aromatic rings. The molecular weight excluding hydrogens is 498 g/mol. The molecule has 3 heterocycles. The molecule has 0 saturated carbocycles. The Morgan fingerprint density at radius 1 is 1.18 bits per heavy atom. The number of halogens is 5. The molecule has 0 amide bonds. The van der Waals surface area contributed by atoms with Gasteiger partial charge in [-0.15, -0.1) is 0 Å². The standard InChI is InChI=1S/C22H24ClF4N3O3S/c23-18-3-1-2-14(21(18)24)6-7-28-20-10-17(22(25,26)27)19(12-29-20)34(31,32)30-11-13-8-15-4-5-16(9-13)33-15/h1-3,10,12-13,15-16,30H,4-9,11H2,(H,28,29). The Morgan fingerprint density at radius 2 is 1.88 bits per heavy atom. The van der Waals surface area contributed by atoms with E-state index in [1.54, 1.807) is 6.07 Å². The van der Waals surface area contributed by atoms with E-state index in [2.05, 4.69) is 15.0 Å². The van der Waals surface area contributed by atoms with Gasteiger partial charge in [-0.25, -0.2) is 22.5 Å². The number of alkyl halides is 3. The van der Waals surface area contributed by atoms with Gasteiger partial charge in [0.1, 0.15) is 16.5 Å². The van der Waals surface area contributed by atoms with E-state index >= 15 is 0 Å². The lowest BCUT2D eigenvalue weighted by atomic mass is 9.96. The van der Waals surface area contributed by atoms with Crippen molar-refractivity contribution in [3.05, 3.63) is 52.4 Å². The molecule has 2 aliphatic rings. The number of nitrogens with one attached hydrogen (secondary N) is 2. The van der Waals surface area contributed by atoms with Crippen LogP contribution in [0.1, 0.15) is 36.8 Å². The highest BCUT2D eigenvalue weighted by atomic mass is 35.5. The van der Waals surface area contributed by atoms with Crippen LogP contribution in [0.25, 0.3) is 0 Å². The molecule has 1 aromatic carbocycles. The number of hydrogen-bond donors (Lipinski definition) is 2. The van der Waals surface area contributed by atoms with Gasteiger partial charge in [-0.3, -0.25) is 0 Å². The molecule has 2 bridgehead atoms. The number of aromatic nitrogens is 1. The van der Waals surface area contributed by atoms with Crippen molar-refractivity contribution in [2.45, 2.75) is 55.4 Å². The highest BCUT2D eigenvalue weighted by molar-refractivity contribution is 7.89. The second-order valence-electron chi connectivity index (χ2n) is 8.60. The van der Waals surface area contributed by atoms with Gasteiger partial charge in [0.2, 0.25) is 10.0 Å². The van der Waals surface area contributed by atoms with E-state index in [1.165, 1.54) is 12.1 Å². The van der Waals surface area contributed by atoms with Crippen LogP contribution in [0.15, 0.2) is 35.4 Å². The molecule has 0 radical (unpaired) electrons. The summed E-state index contributed by atoms with van der Waals surface area (Å²) in [6.45, 7) is 0.110. The Balaban J connectivity index is 1.45.